The van der Waals surface area contributed by atoms with Crippen LogP contribution in [-0.2, 0) is 14.0 Å². The van der Waals surface area contributed by atoms with Crippen LogP contribution in [-0.4, -0.2) is 31.2 Å². The van der Waals surface area contributed by atoms with Gasteiger partial charge in [-0.3, -0.25) is 0 Å². The van der Waals surface area contributed by atoms with E-state index in [1.807, 2.05) is 27.7 Å². The highest BCUT2D eigenvalue weighted by atomic mass is 19.1. The Bertz CT molecular complexity index is 554. The van der Waals surface area contributed by atoms with Gasteiger partial charge in [0.2, 0.25) is 0 Å². The van der Waals surface area contributed by atoms with Gasteiger partial charge < -0.3 is 18.8 Å². The Morgan fingerprint density at radius 3 is 2.39 bits per heavy atom. The Hall–Kier alpha value is -1.11. The van der Waals surface area contributed by atoms with Gasteiger partial charge in [0, 0.05) is 17.9 Å². The standard InChI is InChI=1S/C17H24BFO4/c1-16(2)17(3,4)23-18(22-16)13-9-8-12(11-14(13)19)21-15-7-5-6-10-20-15/h8-9,11,15H,5-7,10H2,1-4H3/t15-/m0/s1. The molecule has 2 heterocycles. The Balaban J connectivity index is 1.72. The van der Waals surface area contributed by atoms with E-state index >= 15 is 0 Å². The van der Waals surface area contributed by atoms with Crippen LogP contribution in [0.15, 0.2) is 18.2 Å². The largest absolute Gasteiger partial charge is 0.497 e. The van der Waals surface area contributed by atoms with Crippen LogP contribution in [0.3, 0.4) is 0 Å². The molecule has 6 heteroatoms. The van der Waals surface area contributed by atoms with E-state index in [4.69, 9.17) is 18.8 Å². The fourth-order valence-electron chi connectivity index (χ4n) is 2.70. The van der Waals surface area contributed by atoms with Crippen molar-refractivity contribution in [3.8, 4) is 5.75 Å². The molecule has 1 aromatic carbocycles. The molecule has 126 valence electrons. The molecule has 0 saturated carbocycles. The number of rotatable bonds is 3. The maximum atomic E-state index is 14.5. The first-order chi connectivity index (χ1) is 10.8. The molecular weight excluding hydrogens is 298 g/mol. The van der Waals surface area contributed by atoms with Gasteiger partial charge in [-0.15, -0.1) is 0 Å². The summed E-state index contributed by atoms with van der Waals surface area (Å²) in [6, 6.07) is 4.77. The van der Waals surface area contributed by atoms with Crippen LogP contribution >= 0.6 is 0 Å². The van der Waals surface area contributed by atoms with Crippen molar-refractivity contribution in [2.75, 3.05) is 6.61 Å². The number of halogens is 1. The second-order valence-corrected chi connectivity index (χ2v) is 7.19. The maximum Gasteiger partial charge on any atom is 0.497 e. The second-order valence-electron chi connectivity index (χ2n) is 7.19. The molecule has 1 atom stereocenters. The van der Waals surface area contributed by atoms with E-state index in [0.717, 1.165) is 19.3 Å². The Morgan fingerprint density at radius 2 is 1.83 bits per heavy atom. The lowest BCUT2D eigenvalue weighted by molar-refractivity contribution is -0.106. The van der Waals surface area contributed by atoms with Gasteiger partial charge in [-0.25, -0.2) is 4.39 Å². The van der Waals surface area contributed by atoms with Crippen LogP contribution in [0.5, 0.6) is 5.75 Å². The van der Waals surface area contributed by atoms with Crippen molar-refractivity contribution < 1.29 is 23.2 Å². The molecule has 2 fully saturated rings. The minimum Gasteiger partial charge on any atom is -0.465 e. The van der Waals surface area contributed by atoms with Crippen molar-refractivity contribution in [3.05, 3.63) is 24.0 Å². The number of hydrogen-bond donors (Lipinski definition) is 0. The molecule has 0 unspecified atom stereocenters. The van der Waals surface area contributed by atoms with E-state index in [-0.39, 0.29) is 6.29 Å². The minimum absolute atomic E-state index is 0.286. The summed E-state index contributed by atoms with van der Waals surface area (Å²) >= 11 is 0. The number of ether oxygens (including phenoxy) is 2. The third-order valence-corrected chi connectivity index (χ3v) is 4.88. The van der Waals surface area contributed by atoms with Crippen LogP contribution in [0.25, 0.3) is 0 Å². The normalized spacial score (nSPS) is 26.3. The monoisotopic (exact) mass is 322 g/mol. The lowest BCUT2D eigenvalue weighted by atomic mass is 9.78. The zero-order chi connectivity index (χ0) is 16.7. The summed E-state index contributed by atoms with van der Waals surface area (Å²) in [7, 11) is -0.708. The highest BCUT2D eigenvalue weighted by Gasteiger charge is 2.52. The third kappa shape index (κ3) is 3.39. The summed E-state index contributed by atoms with van der Waals surface area (Å²) < 4.78 is 37.5. The second kappa shape index (κ2) is 6.08. The van der Waals surface area contributed by atoms with E-state index in [9.17, 15) is 4.39 Å². The average Bonchev–Trinajstić information content (AvgIpc) is 2.68. The van der Waals surface area contributed by atoms with Crippen molar-refractivity contribution in [3.63, 3.8) is 0 Å². The highest BCUT2D eigenvalue weighted by molar-refractivity contribution is 6.62. The van der Waals surface area contributed by atoms with Gasteiger partial charge in [-0.05, 0) is 46.6 Å². The Labute approximate surface area is 137 Å². The summed E-state index contributed by atoms with van der Waals surface area (Å²) in [4.78, 5) is 0. The lowest BCUT2D eigenvalue weighted by Crippen LogP contribution is -2.41. The van der Waals surface area contributed by atoms with Crippen molar-refractivity contribution >= 4 is 12.6 Å². The Morgan fingerprint density at radius 1 is 1.13 bits per heavy atom. The lowest BCUT2D eigenvalue weighted by Gasteiger charge is -2.32. The fraction of sp³-hybridized carbons (Fsp3) is 0.647. The van der Waals surface area contributed by atoms with Gasteiger partial charge in [0.15, 0.2) is 6.29 Å². The zero-order valence-electron chi connectivity index (χ0n) is 14.2. The molecule has 0 spiro atoms. The molecular formula is C17H24BFO4. The van der Waals surface area contributed by atoms with Crippen LogP contribution in [0.2, 0.25) is 0 Å². The molecule has 0 N–H and O–H groups in total. The molecule has 2 aliphatic heterocycles. The molecule has 2 saturated heterocycles. The molecule has 0 aliphatic carbocycles. The third-order valence-electron chi connectivity index (χ3n) is 4.88. The van der Waals surface area contributed by atoms with Crippen LogP contribution in [0, 0.1) is 5.82 Å². The summed E-state index contributed by atoms with van der Waals surface area (Å²) in [5.74, 6) is 0.0754. The van der Waals surface area contributed by atoms with Gasteiger partial charge in [0.05, 0.1) is 17.8 Å². The molecule has 0 amide bonds. The summed E-state index contributed by atoms with van der Waals surface area (Å²) in [6.45, 7) is 8.48. The molecule has 3 rings (SSSR count). The molecule has 23 heavy (non-hydrogen) atoms. The topological polar surface area (TPSA) is 36.9 Å². The van der Waals surface area contributed by atoms with Gasteiger partial charge in [-0.2, -0.15) is 0 Å². The van der Waals surface area contributed by atoms with E-state index in [0.29, 0.717) is 17.8 Å². The van der Waals surface area contributed by atoms with Gasteiger partial charge in [0.1, 0.15) is 11.6 Å². The summed E-state index contributed by atoms with van der Waals surface area (Å²) in [5, 5.41) is 0. The molecule has 4 nitrogen and oxygen atoms in total. The van der Waals surface area contributed by atoms with Crippen LogP contribution < -0.4 is 10.2 Å². The van der Waals surface area contributed by atoms with Crippen LogP contribution in [0.4, 0.5) is 4.39 Å². The van der Waals surface area contributed by atoms with Crippen molar-refractivity contribution in [1.29, 1.82) is 0 Å². The number of benzene rings is 1. The van der Waals surface area contributed by atoms with Crippen molar-refractivity contribution in [2.24, 2.45) is 0 Å². The molecule has 1 aromatic rings. The molecule has 0 radical (unpaired) electrons. The summed E-state index contributed by atoms with van der Waals surface area (Å²) in [5.41, 5.74) is -0.592. The first-order valence-electron chi connectivity index (χ1n) is 8.22. The first-order valence-corrected chi connectivity index (χ1v) is 8.22. The minimum atomic E-state index is -0.708. The van der Waals surface area contributed by atoms with Gasteiger partial charge >= 0.3 is 7.12 Å². The van der Waals surface area contributed by atoms with E-state index in [2.05, 4.69) is 0 Å². The predicted octanol–water partition coefficient (Wildman–Crippen LogP) is 3.03. The molecule has 0 aromatic heterocycles. The maximum absolute atomic E-state index is 14.5. The van der Waals surface area contributed by atoms with Gasteiger partial charge in [-0.1, -0.05) is 6.07 Å². The smallest absolute Gasteiger partial charge is 0.465 e. The zero-order valence-corrected chi connectivity index (χ0v) is 14.2. The van der Waals surface area contributed by atoms with Crippen molar-refractivity contribution in [2.45, 2.75) is 64.4 Å². The summed E-state index contributed by atoms with van der Waals surface area (Å²) in [6.07, 6.45) is 2.67. The predicted molar refractivity (Wildman–Crippen MR) is 86.3 cm³/mol. The van der Waals surface area contributed by atoms with Crippen molar-refractivity contribution in [1.82, 2.24) is 0 Å². The van der Waals surface area contributed by atoms with Crippen LogP contribution in [0.1, 0.15) is 47.0 Å². The quantitative estimate of drug-likeness (QED) is 0.802. The SMILES string of the molecule is CC1(C)OB(c2ccc(O[C@H]3CCCCO3)cc2F)OC1(C)C. The Kier molecular flexibility index (Phi) is 4.42. The van der Waals surface area contributed by atoms with E-state index in [1.165, 1.54) is 6.07 Å². The molecule has 0 bridgehead atoms. The van der Waals surface area contributed by atoms with Gasteiger partial charge in [0.25, 0.3) is 0 Å². The van der Waals surface area contributed by atoms with E-state index < -0.39 is 24.1 Å². The van der Waals surface area contributed by atoms with E-state index in [1.54, 1.807) is 12.1 Å². The first kappa shape index (κ1) is 16.7. The number of hydrogen-bond acceptors (Lipinski definition) is 4. The highest BCUT2D eigenvalue weighted by Crippen LogP contribution is 2.36. The fourth-order valence-corrected chi connectivity index (χ4v) is 2.70. The average molecular weight is 322 g/mol. The molecule has 2 aliphatic rings.